The highest BCUT2D eigenvalue weighted by Gasteiger charge is 2.74. The molecule has 138 valence electrons. The Morgan fingerprint density at radius 2 is 1.54 bits per heavy atom. The Balaban J connectivity index is 1.79. The number of carbonyl (C=O) groups is 1. The van der Waals surface area contributed by atoms with E-state index >= 15 is 0 Å². The number of fused-ring (bicyclic) bond motifs is 2. The fourth-order valence-electron chi connectivity index (χ4n) is 5.15. The van der Waals surface area contributed by atoms with Crippen molar-refractivity contribution in [2.24, 2.45) is 29.6 Å². The molecule has 6 atom stereocenters. The molecule has 3 aliphatic rings. The Morgan fingerprint density at radius 1 is 0.958 bits per heavy atom. The molecule has 0 aromatic rings. The Morgan fingerprint density at radius 3 is 2.00 bits per heavy atom. The van der Waals surface area contributed by atoms with Crippen LogP contribution in [0.4, 0.5) is 26.3 Å². The number of ketones is 1. The van der Waals surface area contributed by atoms with E-state index in [1.54, 1.807) is 0 Å². The van der Waals surface area contributed by atoms with E-state index in [0.717, 1.165) is 0 Å². The molecule has 3 aliphatic carbocycles. The largest absolute Gasteiger partial charge is 0.426 e. The molecule has 1 N–H and O–H groups in total. The molecular formula is C15H18F6O2S. The Labute approximate surface area is 140 Å². The number of rotatable bonds is 2. The van der Waals surface area contributed by atoms with Crippen LogP contribution in [0.15, 0.2) is 0 Å². The van der Waals surface area contributed by atoms with Gasteiger partial charge in [-0.2, -0.15) is 39.0 Å². The van der Waals surface area contributed by atoms with E-state index in [2.05, 4.69) is 12.6 Å². The number of carbonyl (C=O) groups excluding carboxylic acids is 1. The molecule has 0 heterocycles. The lowest BCUT2D eigenvalue weighted by molar-refractivity contribution is -0.384. The third-order valence-electron chi connectivity index (χ3n) is 6.26. The van der Waals surface area contributed by atoms with Gasteiger partial charge in [-0.05, 0) is 43.4 Å². The lowest BCUT2D eigenvalue weighted by atomic mass is 9.76. The van der Waals surface area contributed by atoms with Gasteiger partial charge in [0.1, 0.15) is 5.78 Å². The van der Waals surface area contributed by atoms with E-state index in [9.17, 15) is 36.2 Å². The smallest absolute Gasteiger partial charge is 0.373 e. The summed E-state index contributed by atoms with van der Waals surface area (Å²) in [5.74, 6) is -2.56. The van der Waals surface area contributed by atoms with Gasteiger partial charge < -0.3 is 5.11 Å². The number of alkyl halides is 6. The van der Waals surface area contributed by atoms with Crippen LogP contribution < -0.4 is 0 Å². The van der Waals surface area contributed by atoms with Crippen LogP contribution in [-0.4, -0.2) is 34.1 Å². The van der Waals surface area contributed by atoms with Gasteiger partial charge in [0.05, 0.1) is 0 Å². The van der Waals surface area contributed by atoms with E-state index in [4.69, 9.17) is 0 Å². The quantitative estimate of drug-likeness (QED) is 0.569. The van der Waals surface area contributed by atoms with Crippen molar-refractivity contribution in [3.8, 4) is 0 Å². The molecule has 0 radical (unpaired) electrons. The molecule has 0 spiro atoms. The maximum Gasteiger partial charge on any atom is 0.426 e. The van der Waals surface area contributed by atoms with E-state index in [1.165, 1.54) is 0 Å². The molecule has 0 aliphatic heterocycles. The first-order chi connectivity index (χ1) is 10.9. The van der Waals surface area contributed by atoms with Gasteiger partial charge in [-0.3, -0.25) is 4.79 Å². The number of aliphatic hydroxyl groups is 1. The second-order valence-corrected chi connectivity index (χ2v) is 7.97. The molecule has 9 heteroatoms. The molecule has 0 saturated heterocycles. The predicted molar refractivity (Wildman–Crippen MR) is 75.4 cm³/mol. The summed E-state index contributed by atoms with van der Waals surface area (Å²) in [5, 5.41) is 9.26. The van der Waals surface area contributed by atoms with Crippen molar-refractivity contribution in [3.05, 3.63) is 0 Å². The van der Waals surface area contributed by atoms with Gasteiger partial charge in [-0.15, -0.1) is 0 Å². The summed E-state index contributed by atoms with van der Waals surface area (Å²) >= 11 is 4.42. The van der Waals surface area contributed by atoms with Crippen molar-refractivity contribution in [1.29, 1.82) is 0 Å². The molecule has 0 aromatic carbocycles. The lowest BCUT2D eigenvalue weighted by Crippen LogP contribution is -2.61. The molecule has 3 fully saturated rings. The molecule has 3 rings (SSSR count). The van der Waals surface area contributed by atoms with E-state index in [-0.39, 0.29) is 54.0 Å². The third kappa shape index (κ3) is 2.48. The van der Waals surface area contributed by atoms with Crippen LogP contribution in [0, 0.1) is 29.6 Å². The summed E-state index contributed by atoms with van der Waals surface area (Å²) in [6, 6.07) is 0. The van der Waals surface area contributed by atoms with Gasteiger partial charge >= 0.3 is 12.4 Å². The van der Waals surface area contributed by atoms with Gasteiger partial charge in [-0.1, -0.05) is 0 Å². The SMILES string of the molecule is O=C1CC2CC1C(S)C2C1CCC(C(O)(C(F)(F)F)C(F)(F)F)C1. The van der Waals surface area contributed by atoms with E-state index < -0.39 is 23.9 Å². The van der Waals surface area contributed by atoms with Crippen molar-refractivity contribution in [3.63, 3.8) is 0 Å². The molecule has 2 bridgehead atoms. The highest BCUT2D eigenvalue weighted by Crippen LogP contribution is 2.59. The first kappa shape index (κ1) is 18.4. The number of halogens is 6. The number of hydrogen-bond acceptors (Lipinski definition) is 3. The summed E-state index contributed by atoms with van der Waals surface area (Å²) in [7, 11) is 0. The van der Waals surface area contributed by atoms with Gasteiger partial charge in [0.2, 0.25) is 0 Å². The first-order valence-corrected chi connectivity index (χ1v) is 8.46. The normalized spacial score (nSPS) is 40.6. The summed E-state index contributed by atoms with van der Waals surface area (Å²) < 4.78 is 78.0. The summed E-state index contributed by atoms with van der Waals surface area (Å²) in [6.07, 6.45) is -11.0. The monoisotopic (exact) mass is 376 g/mol. The summed E-state index contributed by atoms with van der Waals surface area (Å²) in [5.41, 5.74) is -4.67. The minimum atomic E-state index is -5.77. The van der Waals surface area contributed by atoms with Crippen molar-refractivity contribution in [2.45, 2.75) is 55.3 Å². The van der Waals surface area contributed by atoms with E-state index in [1.807, 2.05) is 0 Å². The standard InChI is InChI=1S/C15H18F6O2S/c16-14(17,18)13(23,15(19,20)21)8-2-1-6(3-8)11-7-4-9(12(11)24)10(22)5-7/h6-9,11-12,23-24H,1-5H2. The zero-order valence-electron chi connectivity index (χ0n) is 12.6. The van der Waals surface area contributed by atoms with Crippen LogP contribution in [0.2, 0.25) is 0 Å². The number of Topliss-reactive ketones (excluding diaryl/α,β-unsaturated/α-hetero) is 1. The molecule has 3 saturated carbocycles. The fraction of sp³-hybridized carbons (Fsp3) is 0.933. The molecule has 0 amide bonds. The molecule has 2 nitrogen and oxygen atoms in total. The van der Waals surface area contributed by atoms with Crippen LogP contribution in [0.5, 0.6) is 0 Å². The van der Waals surface area contributed by atoms with Crippen molar-refractivity contribution in [1.82, 2.24) is 0 Å². The zero-order valence-corrected chi connectivity index (χ0v) is 13.5. The Hall–Kier alpha value is -0.440. The third-order valence-corrected chi connectivity index (χ3v) is 6.96. The van der Waals surface area contributed by atoms with Crippen LogP contribution in [-0.2, 0) is 4.79 Å². The second kappa shape index (κ2) is 5.53. The maximum absolute atomic E-state index is 13.0. The molecular weight excluding hydrogens is 358 g/mol. The highest BCUT2D eigenvalue weighted by atomic mass is 32.1. The average molecular weight is 376 g/mol. The van der Waals surface area contributed by atoms with Gasteiger partial charge in [-0.25, -0.2) is 0 Å². The second-order valence-electron chi connectivity index (χ2n) is 7.37. The Bertz CT molecular complexity index is 515. The number of thiol groups is 1. The minimum Gasteiger partial charge on any atom is -0.373 e. The van der Waals surface area contributed by atoms with Crippen LogP contribution in [0.25, 0.3) is 0 Å². The van der Waals surface area contributed by atoms with Crippen molar-refractivity contribution in [2.75, 3.05) is 0 Å². The molecule has 24 heavy (non-hydrogen) atoms. The summed E-state index contributed by atoms with van der Waals surface area (Å²) in [4.78, 5) is 11.7. The van der Waals surface area contributed by atoms with Crippen LogP contribution in [0.3, 0.4) is 0 Å². The summed E-state index contributed by atoms with van der Waals surface area (Å²) in [6.45, 7) is 0. The maximum atomic E-state index is 13.0. The molecule has 6 unspecified atom stereocenters. The van der Waals surface area contributed by atoms with Crippen molar-refractivity contribution >= 4 is 18.4 Å². The Kier molecular flexibility index (Phi) is 4.23. The van der Waals surface area contributed by atoms with Gasteiger partial charge in [0, 0.05) is 23.5 Å². The topological polar surface area (TPSA) is 37.3 Å². The zero-order chi connectivity index (χ0) is 18.1. The van der Waals surface area contributed by atoms with Gasteiger partial charge in [0.25, 0.3) is 5.60 Å². The predicted octanol–water partition coefficient (Wildman–Crippen LogP) is 3.78. The van der Waals surface area contributed by atoms with Gasteiger partial charge in [0.15, 0.2) is 0 Å². The van der Waals surface area contributed by atoms with Crippen LogP contribution in [0.1, 0.15) is 32.1 Å². The fourth-order valence-corrected chi connectivity index (χ4v) is 5.93. The number of hydrogen-bond donors (Lipinski definition) is 2. The van der Waals surface area contributed by atoms with Crippen LogP contribution >= 0.6 is 12.6 Å². The van der Waals surface area contributed by atoms with E-state index in [0.29, 0.717) is 12.8 Å². The minimum absolute atomic E-state index is 0.00128. The first-order valence-electron chi connectivity index (χ1n) is 7.94. The lowest BCUT2D eigenvalue weighted by Gasteiger charge is -2.38. The van der Waals surface area contributed by atoms with Crippen molar-refractivity contribution < 1.29 is 36.2 Å². The average Bonchev–Trinajstić information content (AvgIpc) is 3.08. The highest BCUT2D eigenvalue weighted by molar-refractivity contribution is 7.81. The molecule has 0 aromatic heterocycles.